The van der Waals surface area contributed by atoms with Crippen molar-refractivity contribution in [3.8, 4) is 0 Å². The van der Waals surface area contributed by atoms with Gasteiger partial charge in [-0.05, 0) is 73.7 Å². The summed E-state index contributed by atoms with van der Waals surface area (Å²) < 4.78 is 18.9. The Morgan fingerprint density at radius 1 is 0.854 bits per heavy atom. The van der Waals surface area contributed by atoms with Gasteiger partial charge >= 0.3 is 0 Å². The second-order valence-corrected chi connectivity index (χ2v) is 11.8. The zero-order chi connectivity index (χ0) is 28.6. The molecule has 222 valence electrons. The Kier molecular flexibility index (Phi) is 10.4. The van der Waals surface area contributed by atoms with Crippen molar-refractivity contribution in [1.82, 2.24) is 14.7 Å². The molecule has 0 bridgehead atoms. The fraction of sp³-hybridized carbons (Fsp3) is 0.576. The zero-order valence-electron chi connectivity index (χ0n) is 24.5. The molecule has 3 aliphatic heterocycles. The Morgan fingerprint density at radius 3 is 2.24 bits per heavy atom. The Labute approximate surface area is 244 Å². The summed E-state index contributed by atoms with van der Waals surface area (Å²) in [7, 11) is 0. The van der Waals surface area contributed by atoms with Crippen LogP contribution in [-0.4, -0.2) is 85.0 Å². The van der Waals surface area contributed by atoms with E-state index in [0.717, 1.165) is 88.4 Å². The van der Waals surface area contributed by atoms with Gasteiger partial charge in [0.25, 0.3) is 5.91 Å². The fourth-order valence-corrected chi connectivity index (χ4v) is 6.47. The highest BCUT2D eigenvalue weighted by molar-refractivity contribution is 5.97. The summed E-state index contributed by atoms with van der Waals surface area (Å²) in [6.45, 7) is 9.33. The van der Waals surface area contributed by atoms with Gasteiger partial charge in [-0.3, -0.25) is 19.4 Å². The predicted octanol–water partition coefficient (Wildman–Crippen LogP) is 5.08. The third-order valence-electron chi connectivity index (χ3n) is 8.88. The highest BCUT2D eigenvalue weighted by atomic mass is 19.1. The molecule has 5 rings (SSSR count). The van der Waals surface area contributed by atoms with E-state index < -0.39 is 0 Å². The van der Waals surface area contributed by atoms with E-state index in [9.17, 15) is 14.0 Å². The highest BCUT2D eigenvalue weighted by Gasteiger charge is 2.27. The van der Waals surface area contributed by atoms with Gasteiger partial charge in [0.2, 0.25) is 5.91 Å². The lowest BCUT2D eigenvalue weighted by Crippen LogP contribution is -2.48. The van der Waals surface area contributed by atoms with Crippen LogP contribution in [0.2, 0.25) is 0 Å². The average Bonchev–Trinajstić information content (AvgIpc) is 2.99. The van der Waals surface area contributed by atoms with Crippen molar-refractivity contribution in [1.29, 1.82) is 0 Å². The van der Waals surface area contributed by atoms with E-state index in [2.05, 4.69) is 15.9 Å². The van der Waals surface area contributed by atoms with Crippen LogP contribution >= 0.6 is 0 Å². The molecule has 0 N–H and O–H groups in total. The number of hydrogen-bond acceptors (Lipinski definition) is 5. The van der Waals surface area contributed by atoms with E-state index in [1.165, 1.54) is 31.4 Å². The van der Waals surface area contributed by atoms with Crippen LogP contribution in [0.4, 0.5) is 10.1 Å². The zero-order valence-corrected chi connectivity index (χ0v) is 24.5. The predicted molar refractivity (Wildman–Crippen MR) is 159 cm³/mol. The van der Waals surface area contributed by atoms with Crippen LogP contribution in [0.1, 0.15) is 73.4 Å². The van der Waals surface area contributed by atoms with E-state index >= 15 is 0 Å². The summed E-state index contributed by atoms with van der Waals surface area (Å²) in [5.74, 6) is -0.121. The number of ether oxygens (including phenoxy) is 1. The molecular formula is C33H45FN4O3. The monoisotopic (exact) mass is 564 g/mol. The molecule has 3 heterocycles. The van der Waals surface area contributed by atoms with Gasteiger partial charge in [0.1, 0.15) is 5.82 Å². The lowest BCUT2D eigenvalue weighted by molar-refractivity contribution is -0.116. The number of anilines is 1. The lowest BCUT2D eigenvalue weighted by atomic mass is 10.0. The minimum Gasteiger partial charge on any atom is -0.381 e. The number of nitrogens with zero attached hydrogens (tertiary/aromatic N) is 4. The molecule has 2 fully saturated rings. The largest absolute Gasteiger partial charge is 0.381 e. The van der Waals surface area contributed by atoms with Crippen LogP contribution in [0.15, 0.2) is 42.5 Å². The van der Waals surface area contributed by atoms with Crippen LogP contribution in [0.3, 0.4) is 0 Å². The standard InChI is InChI=1S/C33H45FN4O3/c1-26(39)38-16-6-4-2-3-5-15-37(31-13-21-41-22-14-31)25-29-23-28(9-12-32(29)38)33(40)36-19-17-35(18-20-36)24-27-7-10-30(34)11-8-27/h7-12,23,31H,2-6,13-22,24-25H2,1H3. The summed E-state index contributed by atoms with van der Waals surface area (Å²) >= 11 is 0. The molecule has 7 nitrogen and oxygen atoms in total. The molecule has 0 aromatic heterocycles. The fourth-order valence-electron chi connectivity index (χ4n) is 6.47. The van der Waals surface area contributed by atoms with E-state index in [4.69, 9.17) is 4.74 Å². The molecular weight excluding hydrogens is 519 g/mol. The molecule has 2 aromatic rings. The average molecular weight is 565 g/mol. The number of halogens is 1. The maximum Gasteiger partial charge on any atom is 0.253 e. The molecule has 2 saturated heterocycles. The van der Waals surface area contributed by atoms with Gasteiger partial charge in [-0.25, -0.2) is 4.39 Å². The Balaban J connectivity index is 1.33. The van der Waals surface area contributed by atoms with Crippen molar-refractivity contribution in [3.05, 3.63) is 65.0 Å². The van der Waals surface area contributed by atoms with Crippen molar-refractivity contribution in [2.45, 2.75) is 71.0 Å². The van der Waals surface area contributed by atoms with Gasteiger partial charge in [-0.15, -0.1) is 0 Å². The normalized spacial score (nSPS) is 20.6. The smallest absolute Gasteiger partial charge is 0.253 e. The first-order valence-electron chi connectivity index (χ1n) is 15.5. The summed E-state index contributed by atoms with van der Waals surface area (Å²) in [6.07, 6.45) is 7.73. The van der Waals surface area contributed by atoms with Crippen LogP contribution in [0, 0.1) is 5.82 Å². The molecule has 2 aromatic carbocycles. The summed E-state index contributed by atoms with van der Waals surface area (Å²) in [6, 6.07) is 13.1. The van der Waals surface area contributed by atoms with Crippen molar-refractivity contribution < 1.29 is 18.7 Å². The summed E-state index contributed by atoms with van der Waals surface area (Å²) in [5, 5.41) is 0. The first-order chi connectivity index (χ1) is 20.0. The molecule has 0 radical (unpaired) electrons. The number of amides is 2. The third-order valence-corrected chi connectivity index (χ3v) is 8.88. The first-order valence-corrected chi connectivity index (χ1v) is 15.5. The van der Waals surface area contributed by atoms with Crippen LogP contribution in [-0.2, 0) is 22.6 Å². The molecule has 0 unspecified atom stereocenters. The molecule has 41 heavy (non-hydrogen) atoms. The quantitative estimate of drug-likeness (QED) is 0.519. The summed E-state index contributed by atoms with van der Waals surface area (Å²) in [4.78, 5) is 35.3. The maximum absolute atomic E-state index is 13.7. The number of piperazine rings is 1. The first kappa shape index (κ1) is 29.7. The van der Waals surface area contributed by atoms with Gasteiger partial charge in [0.05, 0.1) is 0 Å². The SMILES string of the molecule is CC(=O)N1CCCCCCCN(C2CCOCC2)Cc2cc(C(=O)N3CCN(Cc4ccc(F)cc4)CC3)ccc21. The minimum atomic E-state index is -0.222. The molecule has 3 aliphatic rings. The van der Waals surface area contributed by atoms with E-state index in [1.54, 1.807) is 6.92 Å². The second kappa shape index (κ2) is 14.4. The van der Waals surface area contributed by atoms with E-state index in [0.29, 0.717) is 31.2 Å². The Bertz CT molecular complexity index is 1160. The van der Waals surface area contributed by atoms with Crippen molar-refractivity contribution >= 4 is 17.5 Å². The lowest BCUT2D eigenvalue weighted by Gasteiger charge is -2.36. The summed E-state index contributed by atoms with van der Waals surface area (Å²) in [5.41, 5.74) is 3.78. The van der Waals surface area contributed by atoms with E-state index in [-0.39, 0.29) is 17.6 Å². The maximum atomic E-state index is 13.7. The van der Waals surface area contributed by atoms with Gasteiger partial charge in [0, 0.05) is 83.2 Å². The number of fused-ring (bicyclic) bond motifs is 1. The van der Waals surface area contributed by atoms with Crippen LogP contribution < -0.4 is 4.90 Å². The Hall–Kier alpha value is -2.81. The van der Waals surface area contributed by atoms with Gasteiger partial charge < -0.3 is 14.5 Å². The third kappa shape index (κ3) is 7.93. The number of carbonyl (C=O) groups excluding carboxylic acids is 2. The van der Waals surface area contributed by atoms with Crippen molar-refractivity contribution in [2.24, 2.45) is 0 Å². The number of rotatable bonds is 4. The van der Waals surface area contributed by atoms with Gasteiger partial charge in [0.15, 0.2) is 0 Å². The highest BCUT2D eigenvalue weighted by Crippen LogP contribution is 2.29. The minimum absolute atomic E-state index is 0.0485. The molecule has 8 heteroatoms. The molecule has 0 aliphatic carbocycles. The van der Waals surface area contributed by atoms with Gasteiger partial charge in [-0.2, -0.15) is 0 Å². The Morgan fingerprint density at radius 2 is 1.54 bits per heavy atom. The number of carbonyl (C=O) groups is 2. The molecule has 0 atom stereocenters. The molecule has 0 spiro atoms. The number of hydrogen-bond donors (Lipinski definition) is 0. The van der Waals surface area contributed by atoms with Crippen molar-refractivity contribution in [2.75, 3.05) is 57.4 Å². The van der Waals surface area contributed by atoms with Crippen LogP contribution in [0.5, 0.6) is 0 Å². The van der Waals surface area contributed by atoms with E-state index in [1.807, 2.05) is 34.1 Å². The van der Waals surface area contributed by atoms with Gasteiger partial charge in [-0.1, -0.05) is 31.4 Å². The molecule has 2 amide bonds. The van der Waals surface area contributed by atoms with Crippen molar-refractivity contribution in [3.63, 3.8) is 0 Å². The topological polar surface area (TPSA) is 56.3 Å². The number of benzene rings is 2. The molecule has 0 saturated carbocycles. The second-order valence-electron chi connectivity index (χ2n) is 11.8. The van der Waals surface area contributed by atoms with Crippen LogP contribution in [0.25, 0.3) is 0 Å².